The molecule has 1 aliphatic rings. The van der Waals surface area contributed by atoms with Gasteiger partial charge in [-0.2, -0.15) is 0 Å². The Morgan fingerprint density at radius 3 is 2.78 bits per heavy atom. The van der Waals surface area contributed by atoms with Gasteiger partial charge in [-0.05, 0) is 31.0 Å². The van der Waals surface area contributed by atoms with E-state index in [1.807, 2.05) is 18.2 Å². The molecule has 0 radical (unpaired) electrons. The third kappa shape index (κ3) is 3.54. The second kappa shape index (κ2) is 7.00. The molecular weight excluding hydrogens is 289 g/mol. The van der Waals surface area contributed by atoms with Crippen LogP contribution in [0.15, 0.2) is 18.2 Å². The molecule has 2 rings (SSSR count). The fourth-order valence-electron chi connectivity index (χ4n) is 2.51. The zero-order chi connectivity index (χ0) is 13.0. The number of nitrogens with zero attached hydrogens (tertiary/aromatic N) is 1. The maximum Gasteiger partial charge on any atom is 0.0637 e. The van der Waals surface area contributed by atoms with Gasteiger partial charge < -0.3 is 0 Å². The summed E-state index contributed by atoms with van der Waals surface area (Å²) in [5.74, 6) is 0.693. The SMILES string of the molecule is ClCC1CCCCCN1Cc1cccc(Cl)c1Cl. The van der Waals surface area contributed by atoms with Gasteiger partial charge in [0.05, 0.1) is 10.0 Å². The van der Waals surface area contributed by atoms with Crippen LogP contribution >= 0.6 is 34.8 Å². The van der Waals surface area contributed by atoms with E-state index in [0.717, 1.165) is 18.7 Å². The van der Waals surface area contributed by atoms with E-state index in [1.165, 1.54) is 25.7 Å². The third-order valence-corrected chi connectivity index (χ3v) is 4.80. The number of alkyl halides is 1. The highest BCUT2D eigenvalue weighted by atomic mass is 35.5. The van der Waals surface area contributed by atoms with Crippen molar-refractivity contribution in [3.63, 3.8) is 0 Å². The molecule has 1 aliphatic heterocycles. The first kappa shape index (κ1) is 14.5. The molecule has 0 aromatic heterocycles. The molecule has 1 atom stereocenters. The maximum absolute atomic E-state index is 6.25. The smallest absolute Gasteiger partial charge is 0.0637 e. The summed E-state index contributed by atoms with van der Waals surface area (Å²) in [4.78, 5) is 2.44. The van der Waals surface area contributed by atoms with Gasteiger partial charge in [-0.3, -0.25) is 4.90 Å². The van der Waals surface area contributed by atoms with Gasteiger partial charge in [0.15, 0.2) is 0 Å². The second-order valence-corrected chi connectivity index (χ2v) is 5.93. The van der Waals surface area contributed by atoms with Crippen molar-refractivity contribution >= 4 is 34.8 Å². The van der Waals surface area contributed by atoms with Gasteiger partial charge in [0.2, 0.25) is 0 Å². The molecule has 1 aromatic carbocycles. The summed E-state index contributed by atoms with van der Waals surface area (Å²) in [6.45, 7) is 1.94. The molecule has 1 saturated heterocycles. The van der Waals surface area contributed by atoms with Crippen LogP contribution in [0.2, 0.25) is 10.0 Å². The molecule has 0 N–H and O–H groups in total. The van der Waals surface area contributed by atoms with Gasteiger partial charge in [-0.1, -0.05) is 48.2 Å². The van der Waals surface area contributed by atoms with Crippen LogP contribution in [-0.4, -0.2) is 23.4 Å². The zero-order valence-corrected chi connectivity index (χ0v) is 12.6. The van der Waals surface area contributed by atoms with Gasteiger partial charge in [0.1, 0.15) is 0 Å². The van der Waals surface area contributed by atoms with Crippen LogP contribution in [0.1, 0.15) is 31.2 Å². The lowest BCUT2D eigenvalue weighted by atomic mass is 10.1. The number of benzene rings is 1. The van der Waals surface area contributed by atoms with E-state index in [0.29, 0.717) is 22.0 Å². The lowest BCUT2D eigenvalue weighted by Crippen LogP contribution is -2.35. The molecule has 1 nitrogen and oxygen atoms in total. The van der Waals surface area contributed by atoms with Crippen LogP contribution in [0, 0.1) is 0 Å². The van der Waals surface area contributed by atoms with Gasteiger partial charge >= 0.3 is 0 Å². The van der Waals surface area contributed by atoms with Crippen molar-refractivity contribution in [2.45, 2.75) is 38.3 Å². The average Bonchev–Trinajstić information content (AvgIpc) is 2.60. The first-order chi connectivity index (χ1) is 8.72. The largest absolute Gasteiger partial charge is 0.295 e. The van der Waals surface area contributed by atoms with Crippen LogP contribution in [0.5, 0.6) is 0 Å². The molecule has 18 heavy (non-hydrogen) atoms. The first-order valence-electron chi connectivity index (χ1n) is 6.45. The molecule has 0 saturated carbocycles. The Morgan fingerprint density at radius 1 is 1.17 bits per heavy atom. The Balaban J connectivity index is 2.12. The molecule has 1 unspecified atom stereocenters. The van der Waals surface area contributed by atoms with Gasteiger partial charge in [0.25, 0.3) is 0 Å². The minimum Gasteiger partial charge on any atom is -0.295 e. The Kier molecular flexibility index (Phi) is 5.62. The normalized spacial score (nSPS) is 21.8. The fraction of sp³-hybridized carbons (Fsp3) is 0.571. The minimum absolute atomic E-state index is 0.462. The highest BCUT2D eigenvalue weighted by Crippen LogP contribution is 2.28. The summed E-state index contributed by atoms with van der Waals surface area (Å²) in [7, 11) is 0. The van der Waals surface area contributed by atoms with Gasteiger partial charge in [0, 0.05) is 18.5 Å². The summed E-state index contributed by atoms with van der Waals surface area (Å²) >= 11 is 18.4. The molecule has 0 aliphatic carbocycles. The standard InChI is InChI=1S/C14H18Cl3N/c15-9-12-6-2-1-3-8-18(12)10-11-5-4-7-13(16)14(11)17/h4-5,7,12H,1-3,6,8-10H2. The molecule has 4 heteroatoms. The monoisotopic (exact) mass is 305 g/mol. The van der Waals surface area contributed by atoms with Gasteiger partial charge in [-0.25, -0.2) is 0 Å². The lowest BCUT2D eigenvalue weighted by Gasteiger charge is -2.28. The molecule has 0 bridgehead atoms. The van der Waals surface area contributed by atoms with Crippen molar-refractivity contribution in [2.75, 3.05) is 12.4 Å². The summed E-state index contributed by atoms with van der Waals surface area (Å²) in [6.07, 6.45) is 5.00. The summed E-state index contributed by atoms with van der Waals surface area (Å²) in [5.41, 5.74) is 1.10. The number of rotatable bonds is 3. The van der Waals surface area contributed by atoms with E-state index >= 15 is 0 Å². The Morgan fingerprint density at radius 2 is 2.00 bits per heavy atom. The van der Waals surface area contributed by atoms with Crippen molar-refractivity contribution in [3.8, 4) is 0 Å². The number of hydrogen-bond donors (Lipinski definition) is 0. The van der Waals surface area contributed by atoms with E-state index < -0.39 is 0 Å². The van der Waals surface area contributed by atoms with E-state index in [9.17, 15) is 0 Å². The van der Waals surface area contributed by atoms with Crippen molar-refractivity contribution in [3.05, 3.63) is 33.8 Å². The Hall–Kier alpha value is 0.0500. The predicted octanol–water partition coefficient (Wildman–Crippen LogP) is 4.98. The van der Waals surface area contributed by atoms with Crippen LogP contribution < -0.4 is 0 Å². The molecule has 100 valence electrons. The first-order valence-corrected chi connectivity index (χ1v) is 7.74. The zero-order valence-electron chi connectivity index (χ0n) is 10.3. The van der Waals surface area contributed by atoms with Crippen molar-refractivity contribution in [2.24, 2.45) is 0 Å². The molecular formula is C14H18Cl3N. The van der Waals surface area contributed by atoms with Crippen LogP contribution in [0.25, 0.3) is 0 Å². The topological polar surface area (TPSA) is 3.24 Å². The average molecular weight is 307 g/mol. The quantitative estimate of drug-likeness (QED) is 0.712. The predicted molar refractivity (Wildman–Crippen MR) is 79.8 cm³/mol. The van der Waals surface area contributed by atoms with E-state index in [4.69, 9.17) is 34.8 Å². The van der Waals surface area contributed by atoms with Crippen molar-refractivity contribution < 1.29 is 0 Å². The maximum atomic E-state index is 6.25. The molecule has 0 spiro atoms. The lowest BCUT2D eigenvalue weighted by molar-refractivity contribution is 0.207. The minimum atomic E-state index is 0.462. The number of likely N-dealkylation sites (tertiary alicyclic amines) is 1. The summed E-state index contributed by atoms with van der Waals surface area (Å²) in [5, 5.41) is 1.31. The Bertz CT molecular complexity index is 395. The third-order valence-electron chi connectivity index (χ3n) is 3.58. The highest BCUT2D eigenvalue weighted by molar-refractivity contribution is 6.42. The van der Waals surface area contributed by atoms with Crippen molar-refractivity contribution in [1.29, 1.82) is 0 Å². The molecule has 1 fully saturated rings. The van der Waals surface area contributed by atoms with Crippen LogP contribution in [0.4, 0.5) is 0 Å². The molecule has 0 amide bonds. The molecule has 1 aromatic rings. The summed E-state index contributed by atoms with van der Waals surface area (Å²) in [6, 6.07) is 6.29. The van der Waals surface area contributed by atoms with E-state index in [-0.39, 0.29) is 0 Å². The van der Waals surface area contributed by atoms with Crippen LogP contribution in [-0.2, 0) is 6.54 Å². The van der Waals surface area contributed by atoms with E-state index in [2.05, 4.69) is 4.90 Å². The second-order valence-electron chi connectivity index (χ2n) is 4.84. The highest BCUT2D eigenvalue weighted by Gasteiger charge is 2.21. The van der Waals surface area contributed by atoms with Gasteiger partial charge in [-0.15, -0.1) is 11.6 Å². The fourth-order valence-corrected chi connectivity index (χ4v) is 3.24. The molecule has 1 heterocycles. The van der Waals surface area contributed by atoms with Crippen molar-refractivity contribution in [1.82, 2.24) is 4.90 Å². The Labute approximate surface area is 124 Å². The van der Waals surface area contributed by atoms with Crippen LogP contribution in [0.3, 0.4) is 0 Å². The van der Waals surface area contributed by atoms with E-state index in [1.54, 1.807) is 0 Å². The number of halogens is 3. The summed E-state index contributed by atoms with van der Waals surface area (Å²) < 4.78 is 0. The number of hydrogen-bond acceptors (Lipinski definition) is 1.